The summed E-state index contributed by atoms with van der Waals surface area (Å²) in [4.78, 5) is 15.8. The van der Waals surface area contributed by atoms with Crippen LogP contribution in [-0.4, -0.2) is 25.6 Å². The second-order valence-electron chi connectivity index (χ2n) is 7.79. The summed E-state index contributed by atoms with van der Waals surface area (Å²) < 4.78 is 1.40. The molecular formula is C15H23N5O. The van der Waals surface area contributed by atoms with Gasteiger partial charge in [-0.3, -0.25) is 0 Å². The molecule has 2 aromatic rings. The molecule has 0 atom stereocenters. The first-order chi connectivity index (χ1) is 9.74. The third-order valence-electron chi connectivity index (χ3n) is 4.22. The number of aromatic amines is 1. The molecule has 1 saturated carbocycles. The van der Waals surface area contributed by atoms with Gasteiger partial charge in [0.2, 0.25) is 0 Å². The zero-order chi connectivity index (χ0) is 15.3. The lowest BCUT2D eigenvalue weighted by Gasteiger charge is -2.45. The lowest BCUT2D eigenvalue weighted by Crippen LogP contribution is -2.40. The van der Waals surface area contributed by atoms with Crippen molar-refractivity contribution in [2.45, 2.75) is 53.0 Å². The van der Waals surface area contributed by atoms with Crippen LogP contribution < -0.4 is 11.0 Å². The molecule has 2 heterocycles. The van der Waals surface area contributed by atoms with Gasteiger partial charge < -0.3 is 5.32 Å². The van der Waals surface area contributed by atoms with Crippen molar-refractivity contribution in [3.05, 3.63) is 22.9 Å². The first kappa shape index (κ1) is 14.1. The van der Waals surface area contributed by atoms with E-state index in [0.29, 0.717) is 22.5 Å². The maximum absolute atomic E-state index is 11.4. The molecule has 21 heavy (non-hydrogen) atoms. The number of aromatic nitrogens is 4. The lowest BCUT2D eigenvalue weighted by molar-refractivity contribution is 0.105. The summed E-state index contributed by atoms with van der Waals surface area (Å²) in [5.41, 5.74) is 0.982. The molecule has 0 amide bonds. The van der Waals surface area contributed by atoms with Crippen LogP contribution in [0, 0.1) is 10.8 Å². The van der Waals surface area contributed by atoms with Gasteiger partial charge in [-0.15, -0.1) is 0 Å². The predicted molar refractivity (Wildman–Crippen MR) is 82.4 cm³/mol. The number of nitrogens with zero attached hydrogens (tertiary/aromatic N) is 3. The lowest BCUT2D eigenvalue weighted by atomic mass is 9.63. The van der Waals surface area contributed by atoms with E-state index in [0.717, 1.165) is 18.7 Å². The summed E-state index contributed by atoms with van der Waals surface area (Å²) >= 11 is 0. The van der Waals surface area contributed by atoms with Crippen LogP contribution in [0.2, 0.25) is 0 Å². The summed E-state index contributed by atoms with van der Waals surface area (Å²) in [6, 6.07) is 2.20. The molecule has 0 unspecified atom stereocenters. The molecule has 6 nitrogen and oxygen atoms in total. The van der Waals surface area contributed by atoms with E-state index in [1.165, 1.54) is 17.1 Å². The van der Waals surface area contributed by atoms with Crippen molar-refractivity contribution in [3.63, 3.8) is 0 Å². The van der Waals surface area contributed by atoms with Gasteiger partial charge >= 0.3 is 5.69 Å². The number of fused-ring (bicyclic) bond motifs is 1. The summed E-state index contributed by atoms with van der Waals surface area (Å²) in [5.74, 6) is 0.778. The molecule has 3 rings (SSSR count). The van der Waals surface area contributed by atoms with Gasteiger partial charge in [-0.25, -0.2) is 19.3 Å². The van der Waals surface area contributed by atoms with Crippen molar-refractivity contribution >= 4 is 11.5 Å². The van der Waals surface area contributed by atoms with Crippen molar-refractivity contribution in [1.82, 2.24) is 19.6 Å². The van der Waals surface area contributed by atoms with E-state index in [-0.39, 0.29) is 5.69 Å². The molecule has 1 aliphatic carbocycles. The Bertz CT molecular complexity index is 696. The molecular weight excluding hydrogens is 266 g/mol. The SMILES string of the molecule is CC1(C)CC(Nc2cc3n[nH]c(=O)n3cn2)CC(C)(C)C1. The third kappa shape index (κ3) is 2.94. The van der Waals surface area contributed by atoms with E-state index in [1.54, 1.807) is 0 Å². The quantitative estimate of drug-likeness (QED) is 0.890. The highest BCUT2D eigenvalue weighted by molar-refractivity contribution is 5.48. The average molecular weight is 289 g/mol. The van der Waals surface area contributed by atoms with Gasteiger partial charge in [-0.1, -0.05) is 27.7 Å². The fourth-order valence-electron chi connectivity index (χ4n) is 4.05. The molecule has 0 bridgehead atoms. The molecule has 1 aliphatic rings. The first-order valence-electron chi connectivity index (χ1n) is 7.44. The van der Waals surface area contributed by atoms with Gasteiger partial charge in [0, 0.05) is 12.1 Å². The van der Waals surface area contributed by atoms with E-state index >= 15 is 0 Å². The molecule has 0 radical (unpaired) electrons. The Balaban J connectivity index is 1.82. The number of hydrogen-bond acceptors (Lipinski definition) is 4. The molecule has 0 aromatic carbocycles. The topological polar surface area (TPSA) is 75.1 Å². The molecule has 1 fully saturated rings. The average Bonchev–Trinajstić information content (AvgIpc) is 2.66. The van der Waals surface area contributed by atoms with Gasteiger partial charge in [0.05, 0.1) is 0 Å². The first-order valence-corrected chi connectivity index (χ1v) is 7.44. The number of nitrogens with one attached hydrogen (secondary N) is 2. The van der Waals surface area contributed by atoms with Crippen LogP contribution in [0.25, 0.3) is 5.65 Å². The Hall–Kier alpha value is -1.85. The number of hydrogen-bond donors (Lipinski definition) is 2. The highest BCUT2D eigenvalue weighted by Gasteiger charge is 2.38. The van der Waals surface area contributed by atoms with Crippen LogP contribution in [-0.2, 0) is 0 Å². The largest absolute Gasteiger partial charge is 0.367 e. The summed E-state index contributed by atoms with van der Waals surface area (Å²) in [5, 5.41) is 9.91. The standard InChI is InChI=1S/C15H23N5O/c1-14(2)6-10(7-15(3,4)8-14)17-11-5-12-18-19-13(21)20(12)9-16-11/h5,9-10,17H,6-8H2,1-4H3,(H,19,21). The fourth-order valence-corrected chi connectivity index (χ4v) is 4.05. The fraction of sp³-hybridized carbons (Fsp3) is 0.667. The predicted octanol–water partition coefficient (Wildman–Crippen LogP) is 2.43. The zero-order valence-corrected chi connectivity index (χ0v) is 13.1. The van der Waals surface area contributed by atoms with E-state index in [1.807, 2.05) is 6.07 Å². The minimum atomic E-state index is -0.260. The van der Waals surface area contributed by atoms with Gasteiger partial charge in [0.25, 0.3) is 0 Å². The summed E-state index contributed by atoms with van der Waals surface area (Å²) in [6.07, 6.45) is 5.00. The molecule has 2 N–H and O–H groups in total. The highest BCUT2D eigenvalue weighted by Crippen LogP contribution is 2.46. The molecule has 0 spiro atoms. The molecule has 6 heteroatoms. The van der Waals surface area contributed by atoms with Gasteiger partial charge in [-0.2, -0.15) is 5.10 Å². The zero-order valence-electron chi connectivity index (χ0n) is 13.1. The normalized spacial score (nSPS) is 21.5. The number of H-pyrrole nitrogens is 1. The van der Waals surface area contributed by atoms with Crippen LogP contribution in [0.1, 0.15) is 47.0 Å². The molecule has 114 valence electrons. The Kier molecular flexibility index (Phi) is 3.07. The Labute approximate surface area is 124 Å². The summed E-state index contributed by atoms with van der Waals surface area (Å²) in [7, 11) is 0. The van der Waals surface area contributed by atoms with Crippen LogP contribution in [0.4, 0.5) is 5.82 Å². The number of rotatable bonds is 2. The van der Waals surface area contributed by atoms with Crippen molar-refractivity contribution < 1.29 is 0 Å². The summed E-state index contributed by atoms with van der Waals surface area (Å²) in [6.45, 7) is 9.30. The molecule has 0 saturated heterocycles. The van der Waals surface area contributed by atoms with E-state index in [2.05, 4.69) is 48.2 Å². The smallest absolute Gasteiger partial charge is 0.348 e. The van der Waals surface area contributed by atoms with Gasteiger partial charge in [-0.05, 0) is 30.1 Å². The van der Waals surface area contributed by atoms with Crippen LogP contribution in [0.5, 0.6) is 0 Å². The Morgan fingerprint density at radius 1 is 1.29 bits per heavy atom. The Morgan fingerprint density at radius 3 is 2.62 bits per heavy atom. The van der Waals surface area contributed by atoms with Crippen molar-refractivity contribution in [2.75, 3.05) is 5.32 Å². The van der Waals surface area contributed by atoms with Crippen LogP contribution in [0.15, 0.2) is 17.2 Å². The van der Waals surface area contributed by atoms with Crippen molar-refractivity contribution in [1.29, 1.82) is 0 Å². The maximum atomic E-state index is 11.4. The van der Waals surface area contributed by atoms with Gasteiger partial charge in [0.1, 0.15) is 12.1 Å². The monoisotopic (exact) mass is 289 g/mol. The highest BCUT2D eigenvalue weighted by atomic mass is 16.1. The van der Waals surface area contributed by atoms with E-state index in [4.69, 9.17) is 0 Å². The van der Waals surface area contributed by atoms with Gasteiger partial charge in [0.15, 0.2) is 5.65 Å². The van der Waals surface area contributed by atoms with Crippen LogP contribution in [0.3, 0.4) is 0 Å². The van der Waals surface area contributed by atoms with Crippen molar-refractivity contribution in [3.8, 4) is 0 Å². The molecule has 0 aliphatic heterocycles. The Morgan fingerprint density at radius 2 is 1.95 bits per heavy atom. The minimum absolute atomic E-state index is 0.260. The number of anilines is 1. The maximum Gasteiger partial charge on any atom is 0.348 e. The second kappa shape index (κ2) is 4.58. The molecule has 2 aromatic heterocycles. The third-order valence-corrected chi connectivity index (χ3v) is 4.22. The van der Waals surface area contributed by atoms with E-state index in [9.17, 15) is 4.79 Å². The van der Waals surface area contributed by atoms with Crippen LogP contribution >= 0.6 is 0 Å². The second-order valence-corrected chi connectivity index (χ2v) is 7.79. The van der Waals surface area contributed by atoms with Crippen molar-refractivity contribution in [2.24, 2.45) is 10.8 Å². The minimum Gasteiger partial charge on any atom is -0.367 e. The van der Waals surface area contributed by atoms with E-state index < -0.39 is 0 Å².